The van der Waals surface area contributed by atoms with E-state index in [0.717, 1.165) is 29.4 Å². The van der Waals surface area contributed by atoms with Gasteiger partial charge in [0.25, 0.3) is 0 Å². The number of hydrogen-bond acceptors (Lipinski definition) is 3. The Morgan fingerprint density at radius 2 is 2.07 bits per heavy atom. The molecule has 0 atom stereocenters. The molecule has 14 heavy (non-hydrogen) atoms. The minimum Gasteiger partial charge on any atom is -0.355 e. The molecule has 4 heteroatoms. The third kappa shape index (κ3) is 2.23. The lowest BCUT2D eigenvalue weighted by molar-refractivity contribution is 0.436. The van der Waals surface area contributed by atoms with Gasteiger partial charge in [-0.25, -0.2) is 4.98 Å². The molecule has 0 aromatic carbocycles. The van der Waals surface area contributed by atoms with Crippen LogP contribution in [0, 0.1) is 5.92 Å². The first-order chi connectivity index (χ1) is 6.75. The van der Waals surface area contributed by atoms with E-state index < -0.39 is 0 Å². The first kappa shape index (κ1) is 9.90. The van der Waals surface area contributed by atoms with E-state index in [1.165, 1.54) is 12.8 Å². The van der Waals surface area contributed by atoms with Crippen LogP contribution in [-0.4, -0.2) is 23.1 Å². The summed E-state index contributed by atoms with van der Waals surface area (Å²) >= 11 is 3.34. The topological polar surface area (TPSA) is 29.0 Å². The molecule has 3 nitrogen and oxygen atoms in total. The second-order valence-corrected chi connectivity index (χ2v) is 4.68. The Morgan fingerprint density at radius 3 is 2.71 bits per heavy atom. The number of halogens is 1. The minimum absolute atomic E-state index is 0.814. The highest BCUT2D eigenvalue weighted by atomic mass is 79.9. The second kappa shape index (κ2) is 4.26. The molecule has 0 aliphatic carbocycles. The third-order valence-corrected chi connectivity index (χ3v) is 3.08. The van der Waals surface area contributed by atoms with Crippen LogP contribution in [0.15, 0.2) is 17.0 Å². The van der Waals surface area contributed by atoms with Gasteiger partial charge < -0.3 is 4.90 Å². The molecule has 1 aliphatic rings. The molecule has 0 bridgehead atoms. The maximum atomic E-state index is 4.40. The summed E-state index contributed by atoms with van der Waals surface area (Å²) in [6, 6.07) is 0. The Balaban J connectivity index is 2.08. The fourth-order valence-corrected chi connectivity index (χ4v) is 2.02. The molecule has 2 heterocycles. The van der Waals surface area contributed by atoms with E-state index in [4.69, 9.17) is 0 Å². The zero-order valence-electron chi connectivity index (χ0n) is 8.28. The van der Waals surface area contributed by atoms with E-state index in [-0.39, 0.29) is 0 Å². The Kier molecular flexibility index (Phi) is 3.01. The molecule has 76 valence electrons. The summed E-state index contributed by atoms with van der Waals surface area (Å²) in [5.41, 5.74) is 0. The quantitative estimate of drug-likeness (QED) is 0.772. The third-order valence-electron chi connectivity index (χ3n) is 2.70. The van der Waals surface area contributed by atoms with Gasteiger partial charge >= 0.3 is 0 Å². The maximum Gasteiger partial charge on any atom is 0.148 e. The number of hydrogen-bond donors (Lipinski definition) is 0. The SMILES string of the molecule is CC1CCN(c2cncc(Br)n2)CC1. The van der Waals surface area contributed by atoms with Gasteiger partial charge in [0.2, 0.25) is 0 Å². The Labute approximate surface area is 92.7 Å². The van der Waals surface area contributed by atoms with Crippen molar-refractivity contribution in [1.82, 2.24) is 9.97 Å². The fourth-order valence-electron chi connectivity index (χ4n) is 1.72. The van der Waals surface area contributed by atoms with E-state index in [1.54, 1.807) is 6.20 Å². The molecule has 0 unspecified atom stereocenters. The zero-order chi connectivity index (χ0) is 9.97. The van der Waals surface area contributed by atoms with E-state index in [0.29, 0.717) is 0 Å². The fraction of sp³-hybridized carbons (Fsp3) is 0.600. The average Bonchev–Trinajstić information content (AvgIpc) is 2.19. The highest BCUT2D eigenvalue weighted by Crippen LogP contribution is 2.21. The predicted octanol–water partition coefficient (Wildman–Crippen LogP) is 2.48. The molecule has 0 amide bonds. The van der Waals surface area contributed by atoms with Gasteiger partial charge in [-0.3, -0.25) is 4.98 Å². The second-order valence-electron chi connectivity index (χ2n) is 3.87. The predicted molar refractivity (Wildman–Crippen MR) is 60.3 cm³/mol. The van der Waals surface area contributed by atoms with Crippen LogP contribution in [0.2, 0.25) is 0 Å². The van der Waals surface area contributed by atoms with E-state index in [9.17, 15) is 0 Å². The summed E-state index contributed by atoms with van der Waals surface area (Å²) in [4.78, 5) is 10.8. The van der Waals surface area contributed by atoms with Crippen LogP contribution in [0.4, 0.5) is 5.82 Å². The minimum atomic E-state index is 0.814. The van der Waals surface area contributed by atoms with Gasteiger partial charge in [-0.05, 0) is 34.7 Å². The number of aromatic nitrogens is 2. The molecule has 0 saturated carbocycles. The summed E-state index contributed by atoms with van der Waals surface area (Å²) in [5.74, 6) is 1.85. The zero-order valence-corrected chi connectivity index (χ0v) is 9.87. The number of nitrogens with zero attached hydrogens (tertiary/aromatic N) is 3. The smallest absolute Gasteiger partial charge is 0.148 e. The monoisotopic (exact) mass is 255 g/mol. The van der Waals surface area contributed by atoms with Gasteiger partial charge in [0.05, 0.1) is 12.4 Å². The van der Waals surface area contributed by atoms with Gasteiger partial charge in [-0.2, -0.15) is 0 Å². The van der Waals surface area contributed by atoms with Crippen molar-refractivity contribution in [3.63, 3.8) is 0 Å². The number of piperidine rings is 1. The van der Waals surface area contributed by atoms with Crippen LogP contribution >= 0.6 is 15.9 Å². The van der Waals surface area contributed by atoms with Crippen molar-refractivity contribution in [2.45, 2.75) is 19.8 Å². The summed E-state index contributed by atoms with van der Waals surface area (Å²) in [6.45, 7) is 4.52. The molecule has 0 radical (unpaired) electrons. The molecular formula is C10H14BrN3. The van der Waals surface area contributed by atoms with Crippen LogP contribution in [0.1, 0.15) is 19.8 Å². The molecule has 1 aromatic rings. The normalized spacial score (nSPS) is 18.6. The molecule has 2 rings (SSSR count). The van der Waals surface area contributed by atoms with Crippen LogP contribution in [0.25, 0.3) is 0 Å². The molecule has 1 saturated heterocycles. The standard InChI is InChI=1S/C10H14BrN3/c1-8-2-4-14(5-3-8)10-7-12-6-9(11)13-10/h6-8H,2-5H2,1H3. The van der Waals surface area contributed by atoms with Gasteiger partial charge in [0, 0.05) is 13.1 Å². The van der Waals surface area contributed by atoms with Crippen LogP contribution in [0.3, 0.4) is 0 Å². The van der Waals surface area contributed by atoms with Crippen molar-refractivity contribution >= 4 is 21.7 Å². The lowest BCUT2D eigenvalue weighted by Gasteiger charge is -2.30. The largest absolute Gasteiger partial charge is 0.355 e. The average molecular weight is 256 g/mol. The summed E-state index contributed by atoms with van der Waals surface area (Å²) in [7, 11) is 0. The molecule has 1 aromatic heterocycles. The summed E-state index contributed by atoms with van der Waals surface area (Å²) in [6.07, 6.45) is 6.07. The van der Waals surface area contributed by atoms with Crippen molar-refractivity contribution in [2.75, 3.05) is 18.0 Å². The van der Waals surface area contributed by atoms with Crippen molar-refractivity contribution in [3.8, 4) is 0 Å². The lowest BCUT2D eigenvalue weighted by Crippen LogP contribution is -2.33. The Morgan fingerprint density at radius 1 is 1.36 bits per heavy atom. The summed E-state index contributed by atoms with van der Waals surface area (Å²) < 4.78 is 0.814. The maximum absolute atomic E-state index is 4.40. The van der Waals surface area contributed by atoms with Crippen molar-refractivity contribution < 1.29 is 0 Å². The van der Waals surface area contributed by atoms with Crippen molar-refractivity contribution in [3.05, 3.63) is 17.0 Å². The van der Waals surface area contributed by atoms with Crippen LogP contribution in [-0.2, 0) is 0 Å². The van der Waals surface area contributed by atoms with Gasteiger partial charge in [-0.15, -0.1) is 0 Å². The highest BCUT2D eigenvalue weighted by molar-refractivity contribution is 9.10. The van der Waals surface area contributed by atoms with Crippen LogP contribution < -0.4 is 4.90 Å². The molecule has 1 aliphatic heterocycles. The molecular weight excluding hydrogens is 242 g/mol. The molecule has 0 N–H and O–H groups in total. The van der Waals surface area contributed by atoms with Gasteiger partial charge in [0.15, 0.2) is 0 Å². The van der Waals surface area contributed by atoms with Crippen LogP contribution in [0.5, 0.6) is 0 Å². The highest BCUT2D eigenvalue weighted by Gasteiger charge is 2.16. The first-order valence-corrected chi connectivity index (χ1v) is 5.77. The van der Waals surface area contributed by atoms with Gasteiger partial charge in [0.1, 0.15) is 10.4 Å². The van der Waals surface area contributed by atoms with E-state index >= 15 is 0 Å². The van der Waals surface area contributed by atoms with E-state index in [2.05, 4.69) is 37.7 Å². The first-order valence-electron chi connectivity index (χ1n) is 4.98. The lowest BCUT2D eigenvalue weighted by atomic mass is 9.99. The van der Waals surface area contributed by atoms with Crippen molar-refractivity contribution in [1.29, 1.82) is 0 Å². The van der Waals surface area contributed by atoms with E-state index in [1.807, 2.05) is 6.20 Å². The van der Waals surface area contributed by atoms with Crippen molar-refractivity contribution in [2.24, 2.45) is 5.92 Å². The number of anilines is 1. The Hall–Kier alpha value is -0.640. The van der Waals surface area contributed by atoms with Gasteiger partial charge in [-0.1, -0.05) is 6.92 Å². The molecule has 0 spiro atoms. The summed E-state index contributed by atoms with van der Waals surface area (Å²) in [5, 5.41) is 0. The Bertz CT molecular complexity index is 308. The number of rotatable bonds is 1. The molecule has 1 fully saturated rings.